The lowest BCUT2D eigenvalue weighted by Crippen LogP contribution is -2.46. The number of rotatable bonds is 5. The van der Waals surface area contributed by atoms with E-state index < -0.39 is 19.1 Å². The van der Waals surface area contributed by atoms with Gasteiger partial charge in [-0.3, -0.25) is 4.79 Å². The summed E-state index contributed by atoms with van der Waals surface area (Å²) in [5, 5.41) is 20.6. The van der Waals surface area contributed by atoms with E-state index in [9.17, 15) is 4.79 Å². The van der Waals surface area contributed by atoms with Crippen molar-refractivity contribution in [3.63, 3.8) is 0 Å². The molecule has 94 valence electrons. The Morgan fingerprint density at radius 1 is 1.35 bits per heavy atom. The fourth-order valence-electron chi connectivity index (χ4n) is 1.36. The van der Waals surface area contributed by atoms with Crippen molar-refractivity contribution in [2.24, 2.45) is 0 Å². The minimum Gasteiger partial charge on any atom is -0.480 e. The molecule has 0 fully saturated rings. The van der Waals surface area contributed by atoms with Crippen LogP contribution in [0.2, 0.25) is 6.82 Å². The van der Waals surface area contributed by atoms with Crippen LogP contribution < -0.4 is 5.23 Å². The van der Waals surface area contributed by atoms with Crippen LogP contribution in [0.3, 0.4) is 0 Å². The maximum atomic E-state index is 10.9. The first-order valence-electron chi connectivity index (χ1n) is 5.80. The van der Waals surface area contributed by atoms with E-state index in [1.165, 1.54) is 6.82 Å². The molecule has 0 bridgehead atoms. The first-order chi connectivity index (χ1) is 8.09. The van der Waals surface area contributed by atoms with Crippen molar-refractivity contribution < 1.29 is 14.9 Å². The van der Waals surface area contributed by atoms with Crippen molar-refractivity contribution >= 4 is 13.0 Å². The average molecular weight is 237 g/mol. The quantitative estimate of drug-likeness (QED) is 0.677. The Morgan fingerprint density at radius 2 is 1.88 bits per heavy atom. The summed E-state index contributed by atoms with van der Waals surface area (Å²) in [5.41, 5.74) is 0.929. The van der Waals surface area contributed by atoms with E-state index in [2.05, 4.69) is 5.23 Å². The summed E-state index contributed by atoms with van der Waals surface area (Å²) in [6, 6.07) is 8.56. The van der Waals surface area contributed by atoms with Gasteiger partial charge in [0.2, 0.25) is 0 Å². The number of hydrogen-bond acceptors (Lipinski definition) is 3. The number of carboxylic acid groups (broad SMARTS) is 1. The van der Waals surface area contributed by atoms with Crippen LogP contribution in [-0.2, 0) is 11.2 Å². The second-order valence-electron chi connectivity index (χ2n) is 3.42. The summed E-state index contributed by atoms with van der Waals surface area (Å²) in [4.78, 5) is 10.9. The lowest BCUT2D eigenvalue weighted by atomic mass is 9.86. The van der Waals surface area contributed by atoms with Crippen LogP contribution in [0.5, 0.6) is 0 Å². The van der Waals surface area contributed by atoms with Gasteiger partial charge in [-0.15, -0.1) is 0 Å². The molecule has 1 atom stereocenters. The predicted molar refractivity (Wildman–Crippen MR) is 69.9 cm³/mol. The summed E-state index contributed by atoms with van der Waals surface area (Å²) in [7, 11) is -0.824. The van der Waals surface area contributed by atoms with Crippen molar-refractivity contribution in [2.45, 2.75) is 33.1 Å². The summed E-state index contributed by atoms with van der Waals surface area (Å²) < 4.78 is 0. The number of benzene rings is 1. The van der Waals surface area contributed by atoms with Gasteiger partial charge < -0.3 is 15.4 Å². The lowest BCUT2D eigenvalue weighted by Gasteiger charge is -2.14. The molecular formula is C12H20BNO3. The number of carbonyl (C=O) groups is 1. The molecule has 0 saturated carbocycles. The van der Waals surface area contributed by atoms with Gasteiger partial charge in [-0.1, -0.05) is 44.2 Å². The molecule has 0 spiro atoms. The second-order valence-corrected chi connectivity index (χ2v) is 3.42. The fraction of sp³-hybridized carbons (Fsp3) is 0.417. The molecule has 0 amide bonds. The molecule has 17 heavy (non-hydrogen) atoms. The standard InChI is InChI=1S/C10H14BNO3.C2H6/c1-11(15)12-9(10(13)14)7-8-5-3-2-4-6-8;1-2/h2-6,9,12,15H,7H2,1H3,(H,13,14);1-2H3. The Kier molecular flexibility index (Phi) is 8.10. The van der Waals surface area contributed by atoms with Crippen molar-refractivity contribution in [3.05, 3.63) is 35.9 Å². The first kappa shape index (κ1) is 15.7. The van der Waals surface area contributed by atoms with Gasteiger partial charge in [-0.05, 0) is 18.8 Å². The highest BCUT2D eigenvalue weighted by molar-refractivity contribution is 6.46. The lowest BCUT2D eigenvalue weighted by molar-refractivity contribution is -0.139. The van der Waals surface area contributed by atoms with Gasteiger partial charge in [0.15, 0.2) is 0 Å². The molecular weight excluding hydrogens is 217 g/mol. The number of aliphatic carboxylic acids is 1. The Hall–Kier alpha value is -1.33. The molecule has 3 N–H and O–H groups in total. The highest BCUT2D eigenvalue weighted by Crippen LogP contribution is 2.03. The largest absolute Gasteiger partial charge is 0.480 e. The number of nitrogens with one attached hydrogen (secondary N) is 1. The van der Waals surface area contributed by atoms with Gasteiger partial charge in [0.05, 0.1) is 0 Å². The summed E-state index contributed by atoms with van der Waals surface area (Å²) in [5.74, 6) is -0.959. The number of hydrogen-bond donors (Lipinski definition) is 3. The van der Waals surface area contributed by atoms with Gasteiger partial charge in [-0.25, -0.2) is 0 Å². The van der Waals surface area contributed by atoms with E-state index in [1.807, 2.05) is 44.2 Å². The molecule has 0 radical (unpaired) electrons. The Labute approximate surface area is 103 Å². The Bertz CT molecular complexity index is 317. The maximum Gasteiger partial charge on any atom is 0.374 e. The van der Waals surface area contributed by atoms with E-state index in [1.54, 1.807) is 0 Å². The normalized spacial score (nSPS) is 11.1. The van der Waals surface area contributed by atoms with Gasteiger partial charge in [0.1, 0.15) is 6.04 Å². The van der Waals surface area contributed by atoms with Crippen LogP contribution >= 0.6 is 0 Å². The van der Waals surface area contributed by atoms with Crippen molar-refractivity contribution in [2.75, 3.05) is 0 Å². The smallest absolute Gasteiger partial charge is 0.374 e. The monoisotopic (exact) mass is 237 g/mol. The molecule has 4 nitrogen and oxygen atoms in total. The van der Waals surface area contributed by atoms with Crippen LogP contribution in [0.4, 0.5) is 0 Å². The third kappa shape index (κ3) is 6.76. The molecule has 0 aliphatic heterocycles. The molecule has 1 unspecified atom stereocenters. The minimum atomic E-state index is -0.959. The SMILES string of the molecule is CB(O)NC(Cc1ccccc1)C(=O)O.CC. The molecule has 0 aliphatic rings. The van der Waals surface area contributed by atoms with E-state index in [4.69, 9.17) is 10.1 Å². The predicted octanol–water partition coefficient (Wildman–Crippen LogP) is 1.41. The van der Waals surface area contributed by atoms with Crippen molar-refractivity contribution in [3.8, 4) is 0 Å². The van der Waals surface area contributed by atoms with Crippen LogP contribution in [-0.4, -0.2) is 29.2 Å². The van der Waals surface area contributed by atoms with Crippen molar-refractivity contribution in [1.29, 1.82) is 0 Å². The second kappa shape index (κ2) is 8.78. The van der Waals surface area contributed by atoms with E-state index >= 15 is 0 Å². The summed E-state index contributed by atoms with van der Waals surface area (Å²) >= 11 is 0. The first-order valence-corrected chi connectivity index (χ1v) is 5.80. The minimum absolute atomic E-state index is 0.362. The average Bonchev–Trinajstić information content (AvgIpc) is 2.31. The van der Waals surface area contributed by atoms with Crippen LogP contribution in [0.15, 0.2) is 30.3 Å². The van der Waals surface area contributed by atoms with E-state index in [0.29, 0.717) is 6.42 Å². The number of carboxylic acids is 1. The van der Waals surface area contributed by atoms with E-state index in [-0.39, 0.29) is 0 Å². The molecule has 0 saturated heterocycles. The molecule has 5 heteroatoms. The molecule has 1 aromatic carbocycles. The van der Waals surface area contributed by atoms with Crippen LogP contribution in [0.25, 0.3) is 0 Å². The van der Waals surface area contributed by atoms with Crippen LogP contribution in [0.1, 0.15) is 19.4 Å². The summed E-state index contributed by atoms with van der Waals surface area (Å²) in [6.07, 6.45) is 0.362. The van der Waals surface area contributed by atoms with Gasteiger partial charge in [0, 0.05) is 0 Å². The zero-order valence-corrected chi connectivity index (χ0v) is 10.6. The Morgan fingerprint density at radius 3 is 2.29 bits per heavy atom. The fourth-order valence-corrected chi connectivity index (χ4v) is 1.36. The Balaban J connectivity index is 0.00000121. The zero-order valence-electron chi connectivity index (χ0n) is 10.6. The van der Waals surface area contributed by atoms with Crippen molar-refractivity contribution in [1.82, 2.24) is 5.23 Å². The topological polar surface area (TPSA) is 69.6 Å². The molecule has 1 rings (SSSR count). The maximum absolute atomic E-state index is 10.9. The highest BCUT2D eigenvalue weighted by atomic mass is 16.4. The van der Waals surface area contributed by atoms with Gasteiger partial charge in [-0.2, -0.15) is 0 Å². The summed E-state index contributed by atoms with van der Waals surface area (Å²) in [6.45, 7) is 5.50. The third-order valence-electron chi connectivity index (χ3n) is 2.02. The van der Waals surface area contributed by atoms with Gasteiger partial charge in [0.25, 0.3) is 0 Å². The highest BCUT2D eigenvalue weighted by Gasteiger charge is 2.20. The molecule has 0 heterocycles. The zero-order chi connectivity index (χ0) is 13.3. The molecule has 1 aromatic rings. The molecule has 0 aromatic heterocycles. The van der Waals surface area contributed by atoms with E-state index in [0.717, 1.165) is 5.56 Å². The third-order valence-corrected chi connectivity index (χ3v) is 2.02. The van der Waals surface area contributed by atoms with Gasteiger partial charge >= 0.3 is 13.0 Å². The van der Waals surface area contributed by atoms with Crippen LogP contribution in [0, 0.1) is 0 Å². The molecule has 0 aliphatic carbocycles.